The van der Waals surface area contributed by atoms with Crippen molar-refractivity contribution in [1.82, 2.24) is 10.5 Å². The lowest BCUT2D eigenvalue weighted by atomic mass is 9.91. The molecule has 0 spiro atoms. The molecule has 18 heavy (non-hydrogen) atoms. The van der Waals surface area contributed by atoms with Crippen molar-refractivity contribution in [2.45, 2.75) is 64.6 Å². The van der Waals surface area contributed by atoms with Gasteiger partial charge in [-0.15, -0.1) is 0 Å². The summed E-state index contributed by atoms with van der Waals surface area (Å²) < 4.78 is 10.7. The van der Waals surface area contributed by atoms with Gasteiger partial charge < -0.3 is 14.6 Å². The lowest BCUT2D eigenvalue weighted by molar-refractivity contribution is 0.0572. The molecular weight excluding hydrogens is 228 g/mol. The van der Waals surface area contributed by atoms with Gasteiger partial charge in [0, 0.05) is 24.8 Å². The molecule has 1 aliphatic carbocycles. The summed E-state index contributed by atoms with van der Waals surface area (Å²) in [4.78, 5) is 0. The molecule has 1 N–H and O–H groups in total. The van der Waals surface area contributed by atoms with Crippen molar-refractivity contribution in [1.29, 1.82) is 0 Å². The van der Waals surface area contributed by atoms with Crippen LogP contribution < -0.4 is 5.32 Å². The van der Waals surface area contributed by atoms with E-state index < -0.39 is 0 Å². The number of rotatable bonds is 4. The number of nitrogens with zero attached hydrogens (tertiary/aromatic N) is 1. The van der Waals surface area contributed by atoms with Gasteiger partial charge in [-0.1, -0.05) is 5.16 Å². The molecule has 4 nitrogen and oxygen atoms in total. The summed E-state index contributed by atoms with van der Waals surface area (Å²) in [6.07, 6.45) is 5.17. The largest absolute Gasteiger partial charge is 0.381 e. The molecular formula is C14H24N2O2. The number of ether oxygens (including phenoxy) is 1. The van der Waals surface area contributed by atoms with Crippen molar-refractivity contribution in [2.75, 3.05) is 7.11 Å². The topological polar surface area (TPSA) is 47.3 Å². The third-order valence-electron chi connectivity index (χ3n) is 3.97. The molecule has 1 aromatic heterocycles. The molecule has 0 aliphatic heterocycles. The first-order chi connectivity index (χ1) is 8.61. The fourth-order valence-corrected chi connectivity index (χ4v) is 3.06. The number of methoxy groups -OCH3 is 1. The lowest BCUT2D eigenvalue weighted by Crippen LogP contribution is -2.38. The van der Waals surface area contributed by atoms with E-state index in [1.807, 2.05) is 21.0 Å². The predicted molar refractivity (Wildman–Crippen MR) is 70.6 cm³/mol. The first-order valence-corrected chi connectivity index (χ1v) is 6.83. The van der Waals surface area contributed by atoms with Crippen molar-refractivity contribution >= 4 is 0 Å². The molecule has 1 heterocycles. The zero-order chi connectivity index (χ0) is 13.1. The summed E-state index contributed by atoms with van der Waals surface area (Å²) >= 11 is 0. The number of nitrogens with one attached hydrogen (secondary N) is 1. The molecule has 4 heteroatoms. The van der Waals surface area contributed by atoms with E-state index in [9.17, 15) is 0 Å². The molecule has 1 fully saturated rings. The molecule has 0 saturated heterocycles. The Labute approximate surface area is 109 Å². The van der Waals surface area contributed by atoms with Crippen LogP contribution in [-0.4, -0.2) is 24.4 Å². The Morgan fingerprint density at radius 1 is 1.39 bits per heavy atom. The SMILES string of the molecule is COC1CCCC(NC(C)c2c(C)noc2C)C1. The smallest absolute Gasteiger partial charge is 0.138 e. The highest BCUT2D eigenvalue weighted by atomic mass is 16.5. The molecule has 1 saturated carbocycles. The fraction of sp³-hybridized carbons (Fsp3) is 0.786. The molecule has 102 valence electrons. The van der Waals surface area contributed by atoms with Crippen LogP contribution in [0, 0.1) is 13.8 Å². The number of aromatic nitrogens is 1. The van der Waals surface area contributed by atoms with Gasteiger partial charge in [0.05, 0.1) is 11.8 Å². The highest BCUT2D eigenvalue weighted by Crippen LogP contribution is 2.26. The van der Waals surface area contributed by atoms with Gasteiger partial charge in [0.1, 0.15) is 5.76 Å². The first-order valence-electron chi connectivity index (χ1n) is 6.83. The van der Waals surface area contributed by atoms with Crippen LogP contribution in [0.5, 0.6) is 0 Å². The van der Waals surface area contributed by atoms with Crippen molar-refractivity contribution < 1.29 is 9.26 Å². The van der Waals surface area contributed by atoms with Crippen LogP contribution in [0.25, 0.3) is 0 Å². The van der Waals surface area contributed by atoms with Gasteiger partial charge in [0.25, 0.3) is 0 Å². The minimum atomic E-state index is 0.289. The summed E-state index contributed by atoms with van der Waals surface area (Å²) in [5, 5.41) is 7.71. The molecule has 0 bridgehead atoms. The van der Waals surface area contributed by atoms with Crippen molar-refractivity contribution in [3.05, 3.63) is 17.0 Å². The summed E-state index contributed by atoms with van der Waals surface area (Å²) in [6.45, 7) is 6.16. The molecule has 0 radical (unpaired) electrons. The van der Waals surface area contributed by atoms with E-state index in [1.54, 1.807) is 0 Å². The van der Waals surface area contributed by atoms with Crippen molar-refractivity contribution in [3.63, 3.8) is 0 Å². The molecule has 2 rings (SSSR count). The van der Waals surface area contributed by atoms with E-state index in [1.165, 1.54) is 24.8 Å². The maximum absolute atomic E-state index is 5.47. The Kier molecular flexibility index (Phi) is 4.40. The van der Waals surface area contributed by atoms with Crippen LogP contribution in [0.4, 0.5) is 0 Å². The van der Waals surface area contributed by atoms with Crippen LogP contribution in [0.2, 0.25) is 0 Å². The monoisotopic (exact) mass is 252 g/mol. The zero-order valence-corrected chi connectivity index (χ0v) is 11.8. The van der Waals surface area contributed by atoms with E-state index in [0.717, 1.165) is 17.9 Å². The summed E-state index contributed by atoms with van der Waals surface area (Å²) in [5.74, 6) is 0.923. The van der Waals surface area contributed by atoms with Crippen molar-refractivity contribution in [3.8, 4) is 0 Å². The molecule has 0 aromatic carbocycles. The van der Waals surface area contributed by atoms with Gasteiger partial charge >= 0.3 is 0 Å². The van der Waals surface area contributed by atoms with Crippen LogP contribution in [0.1, 0.15) is 55.7 Å². The Balaban J connectivity index is 1.97. The van der Waals surface area contributed by atoms with Gasteiger partial charge in [0.15, 0.2) is 0 Å². The number of hydrogen-bond acceptors (Lipinski definition) is 4. The minimum absolute atomic E-state index is 0.289. The van der Waals surface area contributed by atoms with Gasteiger partial charge in [-0.2, -0.15) is 0 Å². The predicted octanol–water partition coefficient (Wildman–Crippen LogP) is 2.90. The molecule has 3 atom stereocenters. The van der Waals surface area contributed by atoms with Crippen LogP contribution in [-0.2, 0) is 4.74 Å². The highest BCUT2D eigenvalue weighted by molar-refractivity contribution is 5.24. The second-order valence-electron chi connectivity index (χ2n) is 5.35. The fourth-order valence-electron chi connectivity index (χ4n) is 3.06. The first kappa shape index (κ1) is 13.6. The van der Waals surface area contributed by atoms with E-state index in [0.29, 0.717) is 12.1 Å². The second-order valence-corrected chi connectivity index (χ2v) is 5.35. The molecule has 3 unspecified atom stereocenters. The minimum Gasteiger partial charge on any atom is -0.381 e. The Hall–Kier alpha value is -0.870. The molecule has 1 aromatic rings. The van der Waals surface area contributed by atoms with Gasteiger partial charge in [-0.05, 0) is 46.5 Å². The quantitative estimate of drug-likeness (QED) is 0.895. The molecule has 1 aliphatic rings. The van der Waals surface area contributed by atoms with E-state index in [-0.39, 0.29) is 6.04 Å². The summed E-state index contributed by atoms with van der Waals surface area (Å²) in [7, 11) is 1.81. The zero-order valence-electron chi connectivity index (χ0n) is 11.8. The Morgan fingerprint density at radius 2 is 2.17 bits per heavy atom. The second kappa shape index (κ2) is 5.85. The maximum atomic E-state index is 5.47. The lowest BCUT2D eigenvalue weighted by Gasteiger charge is -2.31. The average molecular weight is 252 g/mol. The highest BCUT2D eigenvalue weighted by Gasteiger charge is 2.25. The third kappa shape index (κ3) is 2.93. The van der Waals surface area contributed by atoms with Crippen LogP contribution in [0.15, 0.2) is 4.52 Å². The number of aryl methyl sites for hydroxylation is 2. The van der Waals surface area contributed by atoms with Crippen LogP contribution in [0.3, 0.4) is 0 Å². The maximum Gasteiger partial charge on any atom is 0.138 e. The summed E-state index contributed by atoms with van der Waals surface area (Å²) in [6, 6.07) is 0.823. The van der Waals surface area contributed by atoms with Gasteiger partial charge in [0.2, 0.25) is 0 Å². The van der Waals surface area contributed by atoms with E-state index >= 15 is 0 Å². The standard InChI is InChI=1S/C14H24N2O2/c1-9(14-10(2)16-18-11(14)3)15-12-6-5-7-13(8-12)17-4/h9,12-13,15H,5-8H2,1-4H3. The normalized spacial score (nSPS) is 26.2. The summed E-state index contributed by atoms with van der Waals surface area (Å²) in [5.41, 5.74) is 2.20. The van der Waals surface area contributed by atoms with Crippen molar-refractivity contribution in [2.24, 2.45) is 0 Å². The Morgan fingerprint density at radius 3 is 2.78 bits per heavy atom. The molecule has 0 amide bonds. The average Bonchev–Trinajstić information content (AvgIpc) is 2.69. The van der Waals surface area contributed by atoms with Gasteiger partial charge in [-0.3, -0.25) is 0 Å². The van der Waals surface area contributed by atoms with E-state index in [4.69, 9.17) is 9.26 Å². The Bertz CT molecular complexity index is 370. The number of hydrogen-bond donors (Lipinski definition) is 1. The van der Waals surface area contributed by atoms with E-state index in [2.05, 4.69) is 17.4 Å². The third-order valence-corrected chi connectivity index (χ3v) is 3.97. The van der Waals surface area contributed by atoms with Gasteiger partial charge in [-0.25, -0.2) is 0 Å². The van der Waals surface area contributed by atoms with Crippen LogP contribution >= 0.6 is 0 Å².